The maximum absolute atomic E-state index is 11.9. The van der Waals surface area contributed by atoms with Gasteiger partial charge in [0, 0.05) is 19.1 Å². The van der Waals surface area contributed by atoms with Crippen LogP contribution in [0.2, 0.25) is 0 Å². The number of nitrogens with zero attached hydrogens (tertiary/aromatic N) is 1. The molecule has 2 aliphatic rings. The number of amides is 1. The van der Waals surface area contributed by atoms with Crippen molar-refractivity contribution in [1.29, 1.82) is 0 Å². The van der Waals surface area contributed by atoms with Crippen LogP contribution < -0.4 is 5.11 Å². The summed E-state index contributed by atoms with van der Waals surface area (Å²) in [5, 5.41) is 10.7. The second kappa shape index (κ2) is 4.14. The minimum Gasteiger partial charge on any atom is -0.550 e. The molecule has 1 spiro atoms. The lowest BCUT2D eigenvalue weighted by molar-refractivity contribution is -0.317. The van der Waals surface area contributed by atoms with E-state index in [-0.39, 0.29) is 17.4 Å². The average molecular weight is 254 g/mol. The Morgan fingerprint density at radius 3 is 2.44 bits per heavy atom. The largest absolute Gasteiger partial charge is 0.550 e. The Balaban J connectivity index is 1.86. The molecule has 1 saturated heterocycles. The van der Waals surface area contributed by atoms with Gasteiger partial charge in [-0.2, -0.15) is 0 Å². The maximum Gasteiger partial charge on any atom is 0.410 e. The van der Waals surface area contributed by atoms with Crippen molar-refractivity contribution in [3.8, 4) is 0 Å². The number of hydrogen-bond donors (Lipinski definition) is 0. The maximum atomic E-state index is 11.9. The molecule has 0 bridgehead atoms. The minimum absolute atomic E-state index is 0.00163. The molecule has 2 fully saturated rings. The van der Waals surface area contributed by atoms with E-state index in [1.807, 2.05) is 20.8 Å². The number of carboxylic acid groups (broad SMARTS) is 1. The third-order valence-corrected chi connectivity index (χ3v) is 3.78. The van der Waals surface area contributed by atoms with Crippen molar-refractivity contribution in [2.45, 2.75) is 45.6 Å². The fraction of sp³-hybridized carbons (Fsp3) is 0.846. The topological polar surface area (TPSA) is 69.7 Å². The first kappa shape index (κ1) is 13.2. The Morgan fingerprint density at radius 2 is 1.94 bits per heavy atom. The van der Waals surface area contributed by atoms with Crippen LogP contribution in [-0.2, 0) is 9.53 Å². The second-order valence-corrected chi connectivity index (χ2v) is 6.58. The fourth-order valence-electron chi connectivity index (χ4n) is 2.90. The van der Waals surface area contributed by atoms with E-state index in [9.17, 15) is 14.7 Å². The molecule has 0 aromatic rings. The smallest absolute Gasteiger partial charge is 0.410 e. The quantitative estimate of drug-likeness (QED) is 0.693. The Labute approximate surface area is 107 Å². The van der Waals surface area contributed by atoms with Crippen molar-refractivity contribution in [1.82, 2.24) is 4.90 Å². The summed E-state index contributed by atoms with van der Waals surface area (Å²) in [5.41, 5.74) is -0.485. The Bertz CT molecular complexity index is 366. The van der Waals surface area contributed by atoms with Crippen LogP contribution in [-0.4, -0.2) is 35.7 Å². The number of hydrogen-bond acceptors (Lipinski definition) is 4. The third kappa shape index (κ3) is 2.60. The van der Waals surface area contributed by atoms with E-state index in [0.717, 1.165) is 6.42 Å². The van der Waals surface area contributed by atoms with Crippen molar-refractivity contribution in [2.24, 2.45) is 11.3 Å². The van der Waals surface area contributed by atoms with E-state index in [2.05, 4.69) is 0 Å². The van der Waals surface area contributed by atoms with Gasteiger partial charge in [0.25, 0.3) is 0 Å². The first-order valence-corrected chi connectivity index (χ1v) is 6.40. The molecule has 18 heavy (non-hydrogen) atoms. The van der Waals surface area contributed by atoms with E-state index in [4.69, 9.17) is 4.74 Å². The highest BCUT2D eigenvalue weighted by Crippen LogP contribution is 2.51. The molecule has 102 valence electrons. The SMILES string of the molecule is CC(C)(C)OC(=O)N1CCC2(CC(C(=O)[O-])C2)C1. The lowest BCUT2D eigenvalue weighted by Gasteiger charge is -2.45. The van der Waals surface area contributed by atoms with Crippen LogP contribution in [0.3, 0.4) is 0 Å². The van der Waals surface area contributed by atoms with Gasteiger partial charge in [-0.1, -0.05) is 0 Å². The molecule has 1 aliphatic carbocycles. The molecule has 0 radical (unpaired) electrons. The summed E-state index contributed by atoms with van der Waals surface area (Å²) >= 11 is 0. The van der Waals surface area contributed by atoms with Gasteiger partial charge in [-0.15, -0.1) is 0 Å². The van der Waals surface area contributed by atoms with Gasteiger partial charge in [0.15, 0.2) is 0 Å². The number of rotatable bonds is 1. The van der Waals surface area contributed by atoms with E-state index in [1.54, 1.807) is 4.90 Å². The lowest BCUT2D eigenvalue weighted by Crippen LogP contribution is -2.48. The van der Waals surface area contributed by atoms with Gasteiger partial charge in [-0.05, 0) is 51.4 Å². The monoisotopic (exact) mass is 254 g/mol. The van der Waals surface area contributed by atoms with Crippen LogP contribution >= 0.6 is 0 Å². The molecule has 1 saturated carbocycles. The van der Waals surface area contributed by atoms with Crippen molar-refractivity contribution < 1.29 is 19.4 Å². The zero-order valence-electron chi connectivity index (χ0n) is 11.2. The number of ether oxygens (including phenoxy) is 1. The van der Waals surface area contributed by atoms with Gasteiger partial charge in [-0.3, -0.25) is 0 Å². The molecular weight excluding hydrogens is 234 g/mol. The van der Waals surface area contributed by atoms with Gasteiger partial charge >= 0.3 is 6.09 Å². The molecule has 2 rings (SSSR count). The Hall–Kier alpha value is -1.26. The van der Waals surface area contributed by atoms with Crippen LogP contribution in [0, 0.1) is 11.3 Å². The van der Waals surface area contributed by atoms with Crippen LogP contribution in [0.5, 0.6) is 0 Å². The summed E-state index contributed by atoms with van der Waals surface area (Å²) in [6.45, 7) is 6.80. The molecule has 0 aromatic carbocycles. The van der Waals surface area contributed by atoms with Crippen LogP contribution in [0.4, 0.5) is 4.79 Å². The summed E-state index contributed by atoms with van der Waals surface area (Å²) in [6, 6.07) is 0. The van der Waals surface area contributed by atoms with Crippen LogP contribution in [0.1, 0.15) is 40.0 Å². The number of aliphatic carboxylic acids is 1. The fourth-order valence-corrected chi connectivity index (χ4v) is 2.90. The third-order valence-electron chi connectivity index (χ3n) is 3.78. The highest BCUT2D eigenvalue weighted by Gasteiger charge is 2.50. The van der Waals surface area contributed by atoms with Gasteiger partial charge in [-0.25, -0.2) is 4.79 Å². The predicted molar refractivity (Wildman–Crippen MR) is 62.6 cm³/mol. The Kier molecular flexibility index (Phi) is 3.03. The van der Waals surface area contributed by atoms with Crippen molar-refractivity contribution in [3.63, 3.8) is 0 Å². The van der Waals surface area contributed by atoms with Gasteiger partial charge in [0.1, 0.15) is 5.60 Å². The molecule has 1 amide bonds. The molecule has 0 atom stereocenters. The minimum atomic E-state index is -0.962. The van der Waals surface area contributed by atoms with E-state index in [0.29, 0.717) is 25.9 Å². The normalized spacial score (nSPS) is 31.3. The molecule has 1 aliphatic heterocycles. The van der Waals surface area contributed by atoms with Gasteiger partial charge < -0.3 is 19.5 Å². The molecule has 0 aromatic heterocycles. The van der Waals surface area contributed by atoms with Crippen LogP contribution in [0.25, 0.3) is 0 Å². The Morgan fingerprint density at radius 1 is 1.33 bits per heavy atom. The zero-order valence-corrected chi connectivity index (χ0v) is 11.2. The summed E-state index contributed by atoms with van der Waals surface area (Å²) in [7, 11) is 0. The summed E-state index contributed by atoms with van der Waals surface area (Å²) in [6.07, 6.45) is 1.84. The standard InChI is InChI=1S/C13H21NO4/c1-12(2,3)18-11(17)14-5-4-13(8-14)6-9(7-13)10(15)16/h9H,4-8H2,1-3H3,(H,15,16)/p-1. The van der Waals surface area contributed by atoms with E-state index < -0.39 is 11.6 Å². The van der Waals surface area contributed by atoms with E-state index >= 15 is 0 Å². The molecule has 0 N–H and O–H groups in total. The lowest BCUT2D eigenvalue weighted by atomic mass is 9.61. The van der Waals surface area contributed by atoms with Gasteiger partial charge in [0.05, 0.1) is 0 Å². The number of carbonyl (C=O) groups excluding carboxylic acids is 2. The zero-order chi connectivity index (χ0) is 13.6. The summed E-state index contributed by atoms with van der Waals surface area (Å²) in [4.78, 5) is 24.3. The second-order valence-electron chi connectivity index (χ2n) is 6.58. The van der Waals surface area contributed by atoms with E-state index in [1.165, 1.54) is 0 Å². The van der Waals surface area contributed by atoms with Crippen molar-refractivity contribution in [2.75, 3.05) is 13.1 Å². The molecule has 5 nitrogen and oxygen atoms in total. The molecule has 1 heterocycles. The average Bonchev–Trinajstić information content (AvgIpc) is 2.56. The number of likely N-dealkylation sites (tertiary alicyclic amines) is 1. The molecular formula is C13H20NO4-. The highest BCUT2D eigenvalue weighted by atomic mass is 16.6. The molecule has 5 heteroatoms. The molecule has 0 unspecified atom stereocenters. The summed E-state index contributed by atoms with van der Waals surface area (Å²) < 4.78 is 5.32. The van der Waals surface area contributed by atoms with Gasteiger partial charge in [0.2, 0.25) is 0 Å². The van der Waals surface area contributed by atoms with Crippen molar-refractivity contribution in [3.05, 3.63) is 0 Å². The number of carboxylic acids is 1. The highest BCUT2D eigenvalue weighted by molar-refractivity contribution is 5.70. The van der Waals surface area contributed by atoms with Crippen LogP contribution in [0.15, 0.2) is 0 Å². The predicted octanol–water partition coefficient (Wildman–Crippen LogP) is 0.773. The number of carbonyl (C=O) groups is 2. The van der Waals surface area contributed by atoms with Crippen molar-refractivity contribution >= 4 is 12.1 Å². The first-order chi connectivity index (χ1) is 8.21. The summed E-state index contributed by atoms with van der Waals surface area (Å²) in [5.74, 6) is -1.29. The first-order valence-electron chi connectivity index (χ1n) is 6.40.